The number of rotatable bonds is 8. The molecule has 1 amide bonds. The number of carbonyl (C=O) groups excluding carboxylic acids is 1. The van der Waals surface area contributed by atoms with E-state index < -0.39 is 5.91 Å². The Bertz CT molecular complexity index is 399. The second kappa shape index (κ2) is 7.14. The van der Waals surface area contributed by atoms with Crippen LogP contribution in [0.25, 0.3) is 0 Å². The second-order valence-corrected chi connectivity index (χ2v) is 5.39. The van der Waals surface area contributed by atoms with E-state index in [1.165, 1.54) is 12.0 Å². The van der Waals surface area contributed by atoms with E-state index in [1.54, 1.807) is 0 Å². The third-order valence-corrected chi connectivity index (χ3v) is 2.95. The standard InChI is InChI=1S/C15H24N2O2/c1-4-9-15(2,3)17-10-12-5-7-13(8-6-12)19-11-14(16)18/h5-8,17H,4,9-11H2,1-3H3,(H2,16,18). The maximum absolute atomic E-state index is 10.6. The fourth-order valence-corrected chi connectivity index (χ4v) is 1.91. The van der Waals surface area contributed by atoms with Crippen molar-refractivity contribution in [3.05, 3.63) is 29.8 Å². The zero-order valence-electron chi connectivity index (χ0n) is 12.0. The lowest BCUT2D eigenvalue weighted by Gasteiger charge is -2.26. The molecule has 0 heterocycles. The highest BCUT2D eigenvalue weighted by Crippen LogP contribution is 2.15. The first-order valence-corrected chi connectivity index (χ1v) is 6.68. The van der Waals surface area contributed by atoms with Gasteiger partial charge >= 0.3 is 0 Å². The minimum absolute atomic E-state index is 0.0822. The van der Waals surface area contributed by atoms with Gasteiger partial charge in [-0.25, -0.2) is 0 Å². The number of nitrogens with one attached hydrogen (secondary N) is 1. The number of nitrogens with two attached hydrogens (primary N) is 1. The smallest absolute Gasteiger partial charge is 0.255 e. The van der Waals surface area contributed by atoms with Crippen LogP contribution in [0, 0.1) is 0 Å². The number of benzene rings is 1. The van der Waals surface area contributed by atoms with Crippen LogP contribution in [-0.2, 0) is 11.3 Å². The summed E-state index contributed by atoms with van der Waals surface area (Å²) < 4.78 is 5.21. The van der Waals surface area contributed by atoms with Crippen molar-refractivity contribution in [2.24, 2.45) is 5.73 Å². The van der Waals surface area contributed by atoms with Gasteiger partial charge in [0.05, 0.1) is 0 Å². The van der Waals surface area contributed by atoms with Gasteiger partial charge in [-0.05, 0) is 38.0 Å². The molecule has 1 aromatic carbocycles. The SMILES string of the molecule is CCCC(C)(C)NCc1ccc(OCC(N)=O)cc1. The average molecular weight is 264 g/mol. The Hall–Kier alpha value is -1.55. The van der Waals surface area contributed by atoms with Crippen molar-refractivity contribution in [1.82, 2.24) is 5.32 Å². The molecule has 0 aliphatic heterocycles. The Labute approximate surface area is 115 Å². The molecule has 0 bridgehead atoms. The van der Waals surface area contributed by atoms with Crippen molar-refractivity contribution in [1.29, 1.82) is 0 Å². The number of hydrogen-bond acceptors (Lipinski definition) is 3. The molecule has 3 N–H and O–H groups in total. The summed E-state index contributed by atoms with van der Waals surface area (Å²) >= 11 is 0. The molecule has 0 spiro atoms. The lowest BCUT2D eigenvalue weighted by atomic mass is 9.98. The second-order valence-electron chi connectivity index (χ2n) is 5.39. The third-order valence-electron chi connectivity index (χ3n) is 2.95. The fourth-order valence-electron chi connectivity index (χ4n) is 1.91. The molecule has 4 heteroatoms. The van der Waals surface area contributed by atoms with Crippen molar-refractivity contribution >= 4 is 5.91 Å². The van der Waals surface area contributed by atoms with Crippen LogP contribution in [0.4, 0.5) is 0 Å². The number of amides is 1. The Morgan fingerprint density at radius 1 is 1.32 bits per heavy atom. The molecule has 1 rings (SSSR count). The molecule has 4 nitrogen and oxygen atoms in total. The van der Waals surface area contributed by atoms with Crippen molar-refractivity contribution in [3.63, 3.8) is 0 Å². The zero-order chi connectivity index (χ0) is 14.3. The minimum atomic E-state index is -0.466. The van der Waals surface area contributed by atoms with Gasteiger partial charge in [-0.1, -0.05) is 25.5 Å². The lowest BCUT2D eigenvalue weighted by Crippen LogP contribution is -2.38. The molecule has 0 aromatic heterocycles. The van der Waals surface area contributed by atoms with Crippen LogP contribution < -0.4 is 15.8 Å². The lowest BCUT2D eigenvalue weighted by molar-refractivity contribution is -0.119. The molecule has 1 aromatic rings. The molecular formula is C15H24N2O2. The molecule has 0 aliphatic rings. The van der Waals surface area contributed by atoms with E-state index in [-0.39, 0.29) is 12.1 Å². The minimum Gasteiger partial charge on any atom is -0.484 e. The summed E-state index contributed by atoms with van der Waals surface area (Å²) in [5.41, 5.74) is 6.36. The van der Waals surface area contributed by atoms with E-state index in [1.807, 2.05) is 24.3 Å². The molecule has 0 aliphatic carbocycles. The summed E-state index contributed by atoms with van der Waals surface area (Å²) in [5, 5.41) is 3.53. The predicted molar refractivity (Wildman–Crippen MR) is 77.0 cm³/mol. The van der Waals surface area contributed by atoms with Gasteiger partial charge in [0.25, 0.3) is 5.91 Å². The van der Waals surface area contributed by atoms with E-state index in [4.69, 9.17) is 10.5 Å². The Balaban J connectivity index is 2.46. The maximum atomic E-state index is 10.6. The number of ether oxygens (including phenoxy) is 1. The number of hydrogen-bond donors (Lipinski definition) is 2. The van der Waals surface area contributed by atoms with E-state index >= 15 is 0 Å². The summed E-state index contributed by atoms with van der Waals surface area (Å²) in [6, 6.07) is 7.69. The maximum Gasteiger partial charge on any atom is 0.255 e. The van der Waals surface area contributed by atoms with Gasteiger partial charge in [0.1, 0.15) is 5.75 Å². The first kappa shape index (κ1) is 15.5. The summed E-state index contributed by atoms with van der Waals surface area (Å²) in [6.07, 6.45) is 2.31. The van der Waals surface area contributed by atoms with Gasteiger partial charge in [0.15, 0.2) is 6.61 Å². The summed E-state index contributed by atoms with van der Waals surface area (Å²) in [7, 11) is 0. The molecule has 0 saturated heterocycles. The summed E-state index contributed by atoms with van der Waals surface area (Å²) in [4.78, 5) is 10.6. The predicted octanol–water partition coefficient (Wildman–Crippen LogP) is 2.22. The monoisotopic (exact) mass is 264 g/mol. The van der Waals surface area contributed by atoms with E-state index in [0.717, 1.165) is 13.0 Å². The average Bonchev–Trinajstić information content (AvgIpc) is 2.35. The largest absolute Gasteiger partial charge is 0.484 e. The van der Waals surface area contributed by atoms with Crippen LogP contribution in [0.5, 0.6) is 5.75 Å². The van der Waals surface area contributed by atoms with E-state index in [0.29, 0.717) is 5.75 Å². The number of primary amides is 1. The van der Waals surface area contributed by atoms with Gasteiger partial charge in [-0.3, -0.25) is 4.79 Å². The first-order chi connectivity index (χ1) is 8.93. The topological polar surface area (TPSA) is 64.3 Å². The van der Waals surface area contributed by atoms with Crippen LogP contribution in [0.3, 0.4) is 0 Å². The van der Waals surface area contributed by atoms with Gasteiger partial charge in [-0.2, -0.15) is 0 Å². The van der Waals surface area contributed by atoms with Crippen molar-refractivity contribution in [3.8, 4) is 5.75 Å². The highest BCUT2D eigenvalue weighted by atomic mass is 16.5. The molecule has 0 radical (unpaired) electrons. The van der Waals surface area contributed by atoms with Gasteiger partial charge in [-0.15, -0.1) is 0 Å². The van der Waals surface area contributed by atoms with E-state index in [2.05, 4.69) is 26.1 Å². The van der Waals surface area contributed by atoms with Crippen molar-refractivity contribution in [2.75, 3.05) is 6.61 Å². The van der Waals surface area contributed by atoms with Gasteiger partial charge in [0, 0.05) is 12.1 Å². The first-order valence-electron chi connectivity index (χ1n) is 6.68. The zero-order valence-corrected chi connectivity index (χ0v) is 12.0. The van der Waals surface area contributed by atoms with Crippen LogP contribution in [-0.4, -0.2) is 18.1 Å². The number of carbonyl (C=O) groups is 1. The normalized spacial score (nSPS) is 11.3. The summed E-state index contributed by atoms with van der Waals surface area (Å²) in [6.45, 7) is 7.35. The highest BCUT2D eigenvalue weighted by molar-refractivity contribution is 5.75. The molecule has 0 unspecified atom stereocenters. The molecule has 0 fully saturated rings. The Kier molecular flexibility index (Phi) is 5.83. The van der Waals surface area contributed by atoms with Gasteiger partial charge < -0.3 is 15.8 Å². The molecule has 0 saturated carbocycles. The van der Waals surface area contributed by atoms with Crippen LogP contribution in [0.1, 0.15) is 39.2 Å². The van der Waals surface area contributed by atoms with Crippen LogP contribution >= 0.6 is 0 Å². The Morgan fingerprint density at radius 2 is 1.95 bits per heavy atom. The van der Waals surface area contributed by atoms with Crippen LogP contribution in [0.2, 0.25) is 0 Å². The highest BCUT2D eigenvalue weighted by Gasteiger charge is 2.14. The summed E-state index contributed by atoms with van der Waals surface area (Å²) in [5.74, 6) is 0.197. The third kappa shape index (κ3) is 6.25. The van der Waals surface area contributed by atoms with Crippen molar-refractivity contribution < 1.29 is 9.53 Å². The van der Waals surface area contributed by atoms with Crippen molar-refractivity contribution in [2.45, 2.75) is 45.7 Å². The quantitative estimate of drug-likeness (QED) is 0.756. The fraction of sp³-hybridized carbons (Fsp3) is 0.533. The Morgan fingerprint density at radius 3 is 2.47 bits per heavy atom. The molecule has 106 valence electrons. The molecule has 0 atom stereocenters. The van der Waals surface area contributed by atoms with Crippen LogP contribution in [0.15, 0.2) is 24.3 Å². The van der Waals surface area contributed by atoms with Gasteiger partial charge in [0.2, 0.25) is 0 Å². The van der Waals surface area contributed by atoms with E-state index in [9.17, 15) is 4.79 Å². The molecule has 19 heavy (non-hydrogen) atoms. The molecular weight excluding hydrogens is 240 g/mol.